The Labute approximate surface area is 141 Å². The molecular formula is C17H23NO6. The molecule has 1 aromatic rings. The summed E-state index contributed by atoms with van der Waals surface area (Å²) in [5, 5.41) is 0. The van der Waals surface area contributed by atoms with Gasteiger partial charge in [0.15, 0.2) is 6.10 Å². The molecule has 0 spiro atoms. The highest BCUT2D eigenvalue weighted by Gasteiger charge is 2.40. The van der Waals surface area contributed by atoms with Crippen LogP contribution in [-0.4, -0.2) is 43.1 Å². The number of carbonyl (C=O) groups is 2. The van der Waals surface area contributed by atoms with Crippen LogP contribution in [0.3, 0.4) is 0 Å². The summed E-state index contributed by atoms with van der Waals surface area (Å²) in [6, 6.07) is 9.64. The molecule has 2 N–H and O–H groups in total. The molecule has 0 unspecified atom stereocenters. The number of hydrogen-bond donors (Lipinski definition) is 1. The summed E-state index contributed by atoms with van der Waals surface area (Å²) in [6.45, 7) is 3.08. The van der Waals surface area contributed by atoms with Gasteiger partial charge in [-0.2, -0.15) is 0 Å². The highest BCUT2D eigenvalue weighted by molar-refractivity contribution is 5.66. The van der Waals surface area contributed by atoms with E-state index in [1.165, 1.54) is 13.8 Å². The predicted octanol–water partition coefficient (Wildman–Crippen LogP) is 1.14. The molecule has 0 aliphatic carbocycles. The molecule has 1 saturated heterocycles. The molecule has 0 amide bonds. The molecule has 2 rings (SSSR count). The van der Waals surface area contributed by atoms with Crippen molar-refractivity contribution in [2.24, 2.45) is 5.73 Å². The Balaban J connectivity index is 2.01. The van der Waals surface area contributed by atoms with Gasteiger partial charge in [-0.3, -0.25) is 9.59 Å². The maximum atomic E-state index is 11.3. The third-order valence-electron chi connectivity index (χ3n) is 3.62. The van der Waals surface area contributed by atoms with Gasteiger partial charge in [-0.05, 0) is 5.56 Å². The summed E-state index contributed by atoms with van der Waals surface area (Å²) in [6.07, 6.45) is -2.00. The van der Waals surface area contributed by atoms with Crippen LogP contribution < -0.4 is 5.73 Å². The second-order valence-corrected chi connectivity index (χ2v) is 5.67. The Morgan fingerprint density at radius 1 is 1.21 bits per heavy atom. The molecule has 1 heterocycles. The number of ether oxygens (including phenoxy) is 4. The lowest BCUT2D eigenvalue weighted by Gasteiger charge is -2.39. The monoisotopic (exact) mass is 337 g/mol. The van der Waals surface area contributed by atoms with Gasteiger partial charge in [0, 0.05) is 20.3 Å². The Kier molecular flexibility index (Phi) is 6.72. The third kappa shape index (κ3) is 5.59. The van der Waals surface area contributed by atoms with E-state index in [0.29, 0.717) is 13.0 Å². The zero-order valence-corrected chi connectivity index (χ0v) is 13.8. The lowest BCUT2D eigenvalue weighted by molar-refractivity contribution is -0.212. The van der Waals surface area contributed by atoms with Crippen LogP contribution in [0.2, 0.25) is 0 Å². The lowest BCUT2D eigenvalue weighted by Crippen LogP contribution is -2.56. The molecule has 132 valence electrons. The topological polar surface area (TPSA) is 97.1 Å². The van der Waals surface area contributed by atoms with E-state index < -0.39 is 36.5 Å². The van der Waals surface area contributed by atoms with Gasteiger partial charge in [0.2, 0.25) is 0 Å². The normalized spacial score (nSPS) is 26.6. The Morgan fingerprint density at radius 3 is 2.54 bits per heavy atom. The fraction of sp³-hybridized carbons (Fsp3) is 0.529. The molecule has 0 aromatic heterocycles. The molecule has 0 saturated carbocycles. The molecular weight excluding hydrogens is 314 g/mol. The average molecular weight is 337 g/mol. The van der Waals surface area contributed by atoms with Gasteiger partial charge in [0.25, 0.3) is 0 Å². The first kappa shape index (κ1) is 18.4. The number of hydrogen-bond acceptors (Lipinski definition) is 7. The number of carbonyl (C=O) groups excluding carboxylic acids is 2. The van der Waals surface area contributed by atoms with Crippen LogP contribution in [0.5, 0.6) is 0 Å². The standard InChI is InChI=1S/C17H23NO6/c1-11(19)21-10-14-8-15(16(17(18)24-14)23-12(2)20)22-9-13-6-4-3-5-7-13/h3-7,14-17H,8-10,18H2,1-2H3/t14-,15-,16+,17+/m0/s1. The molecule has 1 aromatic carbocycles. The fourth-order valence-electron chi connectivity index (χ4n) is 2.55. The SMILES string of the molecule is CC(=O)OC[C@@H]1C[C@H](OCc2ccccc2)[C@@H](OC(C)=O)[C@H](N)O1. The van der Waals surface area contributed by atoms with Gasteiger partial charge in [0.05, 0.1) is 12.7 Å². The molecule has 1 fully saturated rings. The minimum absolute atomic E-state index is 0.0843. The summed E-state index contributed by atoms with van der Waals surface area (Å²) in [4.78, 5) is 22.3. The Bertz CT molecular complexity index is 549. The molecule has 7 nitrogen and oxygen atoms in total. The zero-order chi connectivity index (χ0) is 17.5. The first-order chi connectivity index (χ1) is 11.5. The van der Waals surface area contributed by atoms with Crippen molar-refractivity contribution in [1.29, 1.82) is 0 Å². The third-order valence-corrected chi connectivity index (χ3v) is 3.62. The summed E-state index contributed by atoms with van der Waals surface area (Å²) < 4.78 is 21.7. The molecule has 1 aliphatic heterocycles. The van der Waals surface area contributed by atoms with Gasteiger partial charge in [-0.25, -0.2) is 0 Å². The van der Waals surface area contributed by atoms with Gasteiger partial charge < -0.3 is 24.7 Å². The Morgan fingerprint density at radius 2 is 1.92 bits per heavy atom. The number of benzene rings is 1. The highest BCUT2D eigenvalue weighted by Crippen LogP contribution is 2.24. The van der Waals surface area contributed by atoms with E-state index in [0.717, 1.165) is 5.56 Å². The van der Waals surface area contributed by atoms with Crippen LogP contribution in [0.4, 0.5) is 0 Å². The second-order valence-electron chi connectivity index (χ2n) is 5.67. The molecule has 24 heavy (non-hydrogen) atoms. The first-order valence-corrected chi connectivity index (χ1v) is 7.83. The van der Waals surface area contributed by atoms with E-state index in [4.69, 9.17) is 24.7 Å². The molecule has 0 radical (unpaired) electrons. The minimum atomic E-state index is -0.844. The average Bonchev–Trinajstić information content (AvgIpc) is 2.54. The van der Waals surface area contributed by atoms with Crippen molar-refractivity contribution in [2.45, 2.75) is 51.4 Å². The maximum absolute atomic E-state index is 11.3. The summed E-state index contributed by atoms with van der Waals surface area (Å²) >= 11 is 0. The van der Waals surface area contributed by atoms with E-state index in [9.17, 15) is 9.59 Å². The van der Waals surface area contributed by atoms with E-state index in [2.05, 4.69) is 0 Å². The number of esters is 2. The lowest BCUT2D eigenvalue weighted by atomic mass is 10.0. The van der Waals surface area contributed by atoms with E-state index in [-0.39, 0.29) is 6.61 Å². The Hall–Kier alpha value is -1.96. The van der Waals surface area contributed by atoms with Crippen LogP contribution in [-0.2, 0) is 35.1 Å². The van der Waals surface area contributed by atoms with E-state index >= 15 is 0 Å². The highest BCUT2D eigenvalue weighted by atomic mass is 16.6. The van der Waals surface area contributed by atoms with Gasteiger partial charge in [-0.15, -0.1) is 0 Å². The first-order valence-electron chi connectivity index (χ1n) is 7.83. The van der Waals surface area contributed by atoms with Crippen LogP contribution in [0.25, 0.3) is 0 Å². The molecule has 7 heteroatoms. The second kappa shape index (κ2) is 8.77. The predicted molar refractivity (Wildman–Crippen MR) is 84.7 cm³/mol. The smallest absolute Gasteiger partial charge is 0.303 e. The van der Waals surface area contributed by atoms with Gasteiger partial charge >= 0.3 is 11.9 Å². The number of rotatable bonds is 6. The summed E-state index contributed by atoms with van der Waals surface area (Å²) in [5.74, 6) is -0.846. The molecule has 0 bridgehead atoms. The van der Waals surface area contributed by atoms with Gasteiger partial charge in [-0.1, -0.05) is 30.3 Å². The minimum Gasteiger partial charge on any atom is -0.463 e. The van der Waals surface area contributed by atoms with Crippen LogP contribution in [0, 0.1) is 0 Å². The number of nitrogens with two attached hydrogens (primary N) is 1. The van der Waals surface area contributed by atoms with Crippen molar-refractivity contribution in [3.05, 3.63) is 35.9 Å². The van der Waals surface area contributed by atoms with Crippen LogP contribution in [0.15, 0.2) is 30.3 Å². The van der Waals surface area contributed by atoms with Crippen molar-refractivity contribution in [3.8, 4) is 0 Å². The van der Waals surface area contributed by atoms with Crippen molar-refractivity contribution < 1.29 is 28.5 Å². The fourth-order valence-corrected chi connectivity index (χ4v) is 2.55. The summed E-state index contributed by atoms with van der Waals surface area (Å²) in [7, 11) is 0. The van der Waals surface area contributed by atoms with E-state index in [1.807, 2.05) is 30.3 Å². The maximum Gasteiger partial charge on any atom is 0.303 e. The van der Waals surface area contributed by atoms with Crippen LogP contribution >= 0.6 is 0 Å². The quantitative estimate of drug-likeness (QED) is 0.777. The summed E-state index contributed by atoms with van der Waals surface area (Å²) in [5.41, 5.74) is 6.96. The van der Waals surface area contributed by atoms with Crippen LogP contribution in [0.1, 0.15) is 25.8 Å². The van der Waals surface area contributed by atoms with Crippen molar-refractivity contribution in [3.63, 3.8) is 0 Å². The van der Waals surface area contributed by atoms with Crippen molar-refractivity contribution in [2.75, 3.05) is 6.61 Å². The van der Waals surface area contributed by atoms with Crippen molar-refractivity contribution >= 4 is 11.9 Å². The van der Waals surface area contributed by atoms with E-state index in [1.54, 1.807) is 0 Å². The molecule has 4 atom stereocenters. The largest absolute Gasteiger partial charge is 0.463 e. The zero-order valence-electron chi connectivity index (χ0n) is 13.8. The van der Waals surface area contributed by atoms with Gasteiger partial charge in [0.1, 0.15) is 18.9 Å². The molecule has 1 aliphatic rings. The van der Waals surface area contributed by atoms with Crippen molar-refractivity contribution in [1.82, 2.24) is 0 Å².